The topological polar surface area (TPSA) is 12.0 Å². The number of allylic oxidation sites excluding steroid dienone is 3. The Morgan fingerprint density at radius 1 is 1.21 bits per heavy atom. The summed E-state index contributed by atoms with van der Waals surface area (Å²) in [5, 5.41) is 3.16. The van der Waals surface area contributed by atoms with E-state index < -0.39 is 0 Å². The first-order chi connectivity index (χ1) is 6.41. The second kappa shape index (κ2) is 5.04. The molecule has 0 aromatic carbocycles. The van der Waals surface area contributed by atoms with E-state index >= 15 is 0 Å². The molecule has 0 bridgehead atoms. The summed E-state index contributed by atoms with van der Waals surface area (Å²) in [6.45, 7) is 16.6. The van der Waals surface area contributed by atoms with Crippen LogP contribution in [0.1, 0.15) is 41.5 Å². The molecule has 0 saturated heterocycles. The van der Waals surface area contributed by atoms with Gasteiger partial charge in [0.15, 0.2) is 0 Å². The van der Waals surface area contributed by atoms with Gasteiger partial charge in [0.05, 0.1) is 0 Å². The van der Waals surface area contributed by atoms with Gasteiger partial charge in [-0.1, -0.05) is 47.3 Å². The van der Waals surface area contributed by atoms with Gasteiger partial charge in [-0.05, 0) is 23.5 Å². The third kappa shape index (κ3) is 3.41. The lowest BCUT2D eigenvalue weighted by molar-refractivity contribution is 0.511. The van der Waals surface area contributed by atoms with Crippen LogP contribution in [0.2, 0.25) is 0 Å². The molecule has 80 valence electrons. The lowest BCUT2D eigenvalue weighted by Gasteiger charge is -2.25. The molecule has 0 saturated carbocycles. The van der Waals surface area contributed by atoms with Gasteiger partial charge in [-0.25, -0.2) is 0 Å². The fourth-order valence-electron chi connectivity index (χ4n) is 1.07. The summed E-state index contributed by atoms with van der Waals surface area (Å²) < 4.78 is 0. The largest absolute Gasteiger partial charge is 0.362 e. The zero-order chi connectivity index (χ0) is 11.4. The molecule has 14 heavy (non-hydrogen) atoms. The van der Waals surface area contributed by atoms with Crippen molar-refractivity contribution in [1.29, 1.82) is 0 Å². The Balaban J connectivity index is 0.000000791. The normalized spacial score (nSPS) is 16.0. The molecule has 0 fully saturated rings. The van der Waals surface area contributed by atoms with Gasteiger partial charge in [0.2, 0.25) is 0 Å². The van der Waals surface area contributed by atoms with E-state index in [1.807, 2.05) is 20.0 Å². The Labute approximate surface area is 88.6 Å². The minimum atomic E-state index is 0.217. The molecule has 0 aromatic heterocycles. The van der Waals surface area contributed by atoms with Crippen molar-refractivity contribution < 1.29 is 0 Å². The number of dihydropyridines is 1. The molecule has 1 aliphatic heterocycles. The Morgan fingerprint density at radius 3 is 2.07 bits per heavy atom. The highest BCUT2D eigenvalue weighted by Crippen LogP contribution is 2.29. The van der Waals surface area contributed by atoms with Crippen LogP contribution >= 0.6 is 0 Å². The zero-order valence-electron chi connectivity index (χ0n) is 10.4. The molecule has 1 N–H and O–H groups in total. The second-order valence-electron chi connectivity index (χ2n) is 4.30. The van der Waals surface area contributed by atoms with E-state index in [-0.39, 0.29) is 5.41 Å². The van der Waals surface area contributed by atoms with E-state index in [4.69, 9.17) is 0 Å². The maximum absolute atomic E-state index is 3.89. The fourth-order valence-corrected chi connectivity index (χ4v) is 1.07. The highest BCUT2D eigenvalue weighted by atomic mass is 14.9. The average Bonchev–Trinajstić information content (AvgIpc) is 2.11. The second-order valence-corrected chi connectivity index (χ2v) is 4.30. The van der Waals surface area contributed by atoms with Gasteiger partial charge >= 0.3 is 0 Å². The molecular weight excluding hydrogens is 170 g/mol. The van der Waals surface area contributed by atoms with Gasteiger partial charge in [0, 0.05) is 11.9 Å². The summed E-state index contributed by atoms with van der Waals surface area (Å²) in [4.78, 5) is 0. The van der Waals surface area contributed by atoms with Gasteiger partial charge in [0.25, 0.3) is 0 Å². The molecule has 0 unspecified atom stereocenters. The Kier molecular flexibility index (Phi) is 4.69. The van der Waals surface area contributed by atoms with E-state index in [2.05, 4.69) is 45.7 Å². The number of nitrogens with one attached hydrogen (secondary N) is 1. The van der Waals surface area contributed by atoms with Crippen LogP contribution in [-0.2, 0) is 0 Å². The molecule has 0 aliphatic carbocycles. The molecule has 1 rings (SSSR count). The van der Waals surface area contributed by atoms with Crippen molar-refractivity contribution >= 4 is 0 Å². The molecule has 0 radical (unpaired) electrons. The van der Waals surface area contributed by atoms with Crippen molar-refractivity contribution in [2.24, 2.45) is 5.41 Å². The third-order valence-corrected chi connectivity index (χ3v) is 2.12. The van der Waals surface area contributed by atoms with E-state index in [1.54, 1.807) is 0 Å². The van der Waals surface area contributed by atoms with E-state index in [1.165, 1.54) is 11.1 Å². The minimum Gasteiger partial charge on any atom is -0.362 e. The summed E-state index contributed by atoms with van der Waals surface area (Å²) in [7, 11) is 0. The molecule has 1 heteroatoms. The van der Waals surface area contributed by atoms with Crippen LogP contribution in [0, 0.1) is 5.41 Å². The first-order valence-electron chi connectivity index (χ1n) is 5.26. The van der Waals surface area contributed by atoms with Gasteiger partial charge in [-0.2, -0.15) is 0 Å². The van der Waals surface area contributed by atoms with Crippen molar-refractivity contribution in [2.45, 2.75) is 41.5 Å². The lowest BCUT2D eigenvalue weighted by atomic mass is 9.85. The van der Waals surface area contributed by atoms with Crippen LogP contribution in [0.3, 0.4) is 0 Å². The monoisotopic (exact) mass is 193 g/mol. The predicted molar refractivity (Wildman–Crippen MR) is 64.9 cm³/mol. The first kappa shape index (κ1) is 13.0. The number of rotatable bonds is 0. The molecule has 1 nitrogen and oxygen atoms in total. The van der Waals surface area contributed by atoms with Crippen LogP contribution in [0.15, 0.2) is 35.7 Å². The van der Waals surface area contributed by atoms with E-state index in [0.29, 0.717) is 0 Å². The minimum absolute atomic E-state index is 0.217. The molecular formula is C13H23N. The molecule has 1 heterocycles. The van der Waals surface area contributed by atoms with Crippen molar-refractivity contribution in [1.82, 2.24) is 5.32 Å². The van der Waals surface area contributed by atoms with Gasteiger partial charge in [-0.3, -0.25) is 0 Å². The molecule has 0 spiro atoms. The fraction of sp³-hybridized carbons (Fsp3) is 0.538. The van der Waals surface area contributed by atoms with Crippen LogP contribution in [0.25, 0.3) is 0 Å². The molecule has 0 atom stereocenters. The number of hydrogen-bond acceptors (Lipinski definition) is 1. The van der Waals surface area contributed by atoms with Gasteiger partial charge in [0.1, 0.15) is 0 Å². The van der Waals surface area contributed by atoms with Crippen LogP contribution in [0.5, 0.6) is 0 Å². The lowest BCUT2D eigenvalue weighted by Crippen LogP contribution is -2.17. The zero-order valence-corrected chi connectivity index (χ0v) is 10.4. The standard InChI is InChI=1S/C11H17N.C2H6/c1-8-6-10(11(3,4)5)7-12-9(8)2;1-2/h6-7,12H,2H2,1,3-5H3;1-2H3. The van der Waals surface area contributed by atoms with Crippen molar-refractivity contribution in [3.63, 3.8) is 0 Å². The highest BCUT2D eigenvalue weighted by Gasteiger charge is 2.17. The third-order valence-electron chi connectivity index (χ3n) is 2.12. The summed E-state index contributed by atoms with van der Waals surface area (Å²) in [5.74, 6) is 0. The average molecular weight is 193 g/mol. The summed E-state index contributed by atoms with van der Waals surface area (Å²) >= 11 is 0. The van der Waals surface area contributed by atoms with E-state index in [0.717, 1.165) is 5.70 Å². The highest BCUT2D eigenvalue weighted by molar-refractivity contribution is 5.40. The smallest absolute Gasteiger partial charge is 0.0336 e. The SMILES string of the molecule is C=C1NC=C(C(C)(C)C)C=C1C.CC. The van der Waals surface area contributed by atoms with Crippen molar-refractivity contribution in [3.8, 4) is 0 Å². The van der Waals surface area contributed by atoms with Crippen LogP contribution < -0.4 is 5.32 Å². The van der Waals surface area contributed by atoms with Crippen molar-refractivity contribution in [2.75, 3.05) is 0 Å². The Morgan fingerprint density at radius 2 is 1.71 bits per heavy atom. The Hall–Kier alpha value is -0.980. The summed E-state index contributed by atoms with van der Waals surface area (Å²) in [6, 6.07) is 0. The van der Waals surface area contributed by atoms with E-state index in [9.17, 15) is 0 Å². The van der Waals surface area contributed by atoms with Gasteiger partial charge in [-0.15, -0.1) is 0 Å². The van der Waals surface area contributed by atoms with Crippen molar-refractivity contribution in [3.05, 3.63) is 35.7 Å². The first-order valence-corrected chi connectivity index (χ1v) is 5.26. The predicted octanol–water partition coefficient (Wildman–Crippen LogP) is 4.01. The molecule has 1 aliphatic rings. The van der Waals surface area contributed by atoms with Crippen LogP contribution in [-0.4, -0.2) is 0 Å². The Bertz CT molecular complexity index is 261. The van der Waals surface area contributed by atoms with Gasteiger partial charge < -0.3 is 5.32 Å². The molecule has 0 aromatic rings. The number of hydrogen-bond donors (Lipinski definition) is 1. The quantitative estimate of drug-likeness (QED) is 0.613. The molecule has 0 amide bonds. The summed E-state index contributed by atoms with van der Waals surface area (Å²) in [6.07, 6.45) is 4.23. The maximum Gasteiger partial charge on any atom is 0.0336 e. The maximum atomic E-state index is 3.89. The van der Waals surface area contributed by atoms with Crippen LogP contribution in [0.4, 0.5) is 0 Å². The summed E-state index contributed by atoms with van der Waals surface area (Å²) in [5.41, 5.74) is 3.77.